The van der Waals surface area contributed by atoms with Crippen LogP contribution < -0.4 is 19.9 Å². The lowest BCUT2D eigenvalue weighted by atomic mass is 10.3. The summed E-state index contributed by atoms with van der Waals surface area (Å²) < 4.78 is 37.5. The number of hydrogen-bond donors (Lipinski definition) is 2. The number of fused-ring (bicyclic) bond motifs is 1. The van der Waals surface area contributed by atoms with E-state index >= 15 is 0 Å². The van der Waals surface area contributed by atoms with Crippen LogP contribution in [-0.2, 0) is 10.0 Å². The van der Waals surface area contributed by atoms with Crippen LogP contribution in [0.4, 0.5) is 5.69 Å². The molecule has 1 aromatic carbocycles. The SMILES string of the molecule is CC(C(N)=S)S(=O)(=O)Nc1ccc2c(c1)OCCCO2. The van der Waals surface area contributed by atoms with E-state index in [9.17, 15) is 8.42 Å². The average molecular weight is 316 g/mol. The quantitative estimate of drug-likeness (QED) is 0.813. The average Bonchev–Trinajstić information content (AvgIpc) is 2.61. The second-order valence-corrected chi connectivity index (χ2v) is 6.88. The Labute approximate surface area is 123 Å². The van der Waals surface area contributed by atoms with Gasteiger partial charge in [0.1, 0.15) is 5.25 Å². The lowest BCUT2D eigenvalue weighted by molar-refractivity contribution is 0.297. The molecule has 0 bridgehead atoms. The third-order valence-electron chi connectivity index (χ3n) is 2.87. The molecule has 1 aliphatic rings. The van der Waals surface area contributed by atoms with Crippen molar-refractivity contribution in [1.29, 1.82) is 0 Å². The number of benzene rings is 1. The van der Waals surface area contributed by atoms with Gasteiger partial charge >= 0.3 is 0 Å². The number of thiocarbonyl (C=S) groups is 1. The number of hydrogen-bond acceptors (Lipinski definition) is 5. The van der Waals surface area contributed by atoms with E-state index in [0.29, 0.717) is 30.4 Å². The third-order valence-corrected chi connectivity index (χ3v) is 5.08. The highest BCUT2D eigenvalue weighted by atomic mass is 32.2. The smallest absolute Gasteiger partial charge is 0.241 e. The molecule has 20 heavy (non-hydrogen) atoms. The Morgan fingerprint density at radius 2 is 2.00 bits per heavy atom. The van der Waals surface area contributed by atoms with Crippen molar-refractivity contribution in [2.24, 2.45) is 5.73 Å². The highest BCUT2D eigenvalue weighted by molar-refractivity contribution is 7.95. The van der Waals surface area contributed by atoms with Gasteiger partial charge in [-0.1, -0.05) is 12.2 Å². The minimum atomic E-state index is -3.66. The van der Waals surface area contributed by atoms with Crippen LogP contribution in [0.3, 0.4) is 0 Å². The first-order valence-electron chi connectivity index (χ1n) is 6.11. The van der Waals surface area contributed by atoms with Crippen LogP contribution in [0.1, 0.15) is 13.3 Å². The highest BCUT2D eigenvalue weighted by Gasteiger charge is 2.23. The Kier molecular flexibility index (Phi) is 4.34. The Morgan fingerprint density at radius 1 is 1.35 bits per heavy atom. The molecule has 0 aromatic heterocycles. The lowest BCUT2D eigenvalue weighted by Gasteiger charge is -2.15. The minimum Gasteiger partial charge on any atom is -0.490 e. The minimum absolute atomic E-state index is 0.0770. The maximum absolute atomic E-state index is 12.0. The van der Waals surface area contributed by atoms with E-state index in [1.54, 1.807) is 18.2 Å². The van der Waals surface area contributed by atoms with E-state index in [1.807, 2.05) is 0 Å². The fourth-order valence-electron chi connectivity index (χ4n) is 1.63. The maximum Gasteiger partial charge on any atom is 0.241 e. The van der Waals surface area contributed by atoms with Gasteiger partial charge < -0.3 is 15.2 Å². The summed E-state index contributed by atoms with van der Waals surface area (Å²) in [4.78, 5) is -0.0770. The Hall–Kier alpha value is -1.54. The normalized spacial score (nSPS) is 16.1. The summed E-state index contributed by atoms with van der Waals surface area (Å²) in [5.41, 5.74) is 5.76. The van der Waals surface area contributed by atoms with Crippen molar-refractivity contribution in [3.05, 3.63) is 18.2 Å². The first-order valence-corrected chi connectivity index (χ1v) is 8.06. The number of anilines is 1. The summed E-state index contributed by atoms with van der Waals surface area (Å²) in [6.45, 7) is 2.55. The van der Waals surface area contributed by atoms with E-state index < -0.39 is 15.3 Å². The molecular formula is C12H16N2O4S2. The summed E-state index contributed by atoms with van der Waals surface area (Å²) in [6, 6.07) is 4.87. The molecule has 1 aromatic rings. The molecule has 0 saturated carbocycles. The molecule has 0 spiro atoms. The zero-order valence-corrected chi connectivity index (χ0v) is 12.6. The van der Waals surface area contributed by atoms with Crippen molar-refractivity contribution >= 4 is 32.9 Å². The monoisotopic (exact) mass is 316 g/mol. The summed E-state index contributed by atoms with van der Waals surface area (Å²) >= 11 is 4.71. The molecule has 2 rings (SSSR count). The van der Waals surface area contributed by atoms with Crippen LogP contribution in [0, 0.1) is 0 Å². The van der Waals surface area contributed by atoms with Crippen molar-refractivity contribution < 1.29 is 17.9 Å². The zero-order chi connectivity index (χ0) is 14.8. The van der Waals surface area contributed by atoms with Crippen LogP contribution in [0.15, 0.2) is 18.2 Å². The van der Waals surface area contributed by atoms with Crippen LogP contribution in [0.25, 0.3) is 0 Å². The molecule has 1 aliphatic heterocycles. The molecule has 3 N–H and O–H groups in total. The largest absolute Gasteiger partial charge is 0.490 e. The molecule has 1 atom stereocenters. The van der Waals surface area contributed by atoms with Crippen LogP contribution in [0.2, 0.25) is 0 Å². The molecule has 110 valence electrons. The standard InChI is InChI=1S/C12H16N2O4S2/c1-8(12(13)19)20(15,16)14-9-3-4-10-11(7-9)18-6-2-5-17-10/h3-4,7-8,14H,2,5-6H2,1H3,(H2,13,19). The van der Waals surface area contributed by atoms with E-state index in [0.717, 1.165) is 6.42 Å². The molecule has 1 unspecified atom stereocenters. The van der Waals surface area contributed by atoms with Gasteiger partial charge in [-0.2, -0.15) is 0 Å². The fraction of sp³-hybridized carbons (Fsp3) is 0.417. The Bertz CT molecular complexity index is 616. The second kappa shape index (κ2) is 5.84. The molecule has 0 aliphatic carbocycles. The van der Waals surface area contributed by atoms with E-state index in [-0.39, 0.29) is 4.99 Å². The molecule has 0 amide bonds. The van der Waals surface area contributed by atoms with Crippen molar-refractivity contribution in [3.63, 3.8) is 0 Å². The first-order chi connectivity index (χ1) is 9.40. The van der Waals surface area contributed by atoms with Crippen molar-refractivity contribution in [2.75, 3.05) is 17.9 Å². The summed E-state index contributed by atoms with van der Waals surface area (Å²) in [7, 11) is -3.66. The van der Waals surface area contributed by atoms with Crippen molar-refractivity contribution in [1.82, 2.24) is 0 Å². The van der Waals surface area contributed by atoms with Gasteiger partial charge in [-0.25, -0.2) is 8.42 Å². The zero-order valence-electron chi connectivity index (χ0n) is 11.0. The highest BCUT2D eigenvalue weighted by Crippen LogP contribution is 2.32. The van der Waals surface area contributed by atoms with Gasteiger partial charge in [-0.3, -0.25) is 4.72 Å². The molecule has 8 heteroatoms. The lowest BCUT2D eigenvalue weighted by Crippen LogP contribution is -2.35. The van der Waals surface area contributed by atoms with Crippen LogP contribution in [-0.4, -0.2) is 31.9 Å². The van der Waals surface area contributed by atoms with Gasteiger partial charge in [-0.15, -0.1) is 0 Å². The van der Waals surface area contributed by atoms with E-state index in [2.05, 4.69) is 4.72 Å². The number of nitrogens with two attached hydrogens (primary N) is 1. The summed E-state index contributed by atoms with van der Waals surface area (Å²) in [5, 5.41) is -0.950. The van der Waals surface area contributed by atoms with Crippen LogP contribution >= 0.6 is 12.2 Å². The van der Waals surface area contributed by atoms with Gasteiger partial charge in [0.2, 0.25) is 10.0 Å². The predicted octanol–water partition coefficient (Wildman–Crippen LogP) is 1.26. The number of rotatable bonds is 4. The number of nitrogens with one attached hydrogen (secondary N) is 1. The molecular weight excluding hydrogens is 300 g/mol. The van der Waals surface area contributed by atoms with E-state index in [1.165, 1.54) is 6.92 Å². The first kappa shape index (κ1) is 14.9. The second-order valence-electron chi connectivity index (χ2n) is 4.40. The van der Waals surface area contributed by atoms with E-state index in [4.69, 9.17) is 27.4 Å². The van der Waals surface area contributed by atoms with Crippen LogP contribution in [0.5, 0.6) is 11.5 Å². The summed E-state index contributed by atoms with van der Waals surface area (Å²) in [6.07, 6.45) is 0.786. The Morgan fingerprint density at radius 3 is 2.65 bits per heavy atom. The fourth-order valence-corrected chi connectivity index (χ4v) is 2.95. The van der Waals surface area contributed by atoms with Crippen molar-refractivity contribution in [2.45, 2.75) is 18.6 Å². The number of ether oxygens (including phenoxy) is 2. The molecule has 0 fully saturated rings. The van der Waals surface area contributed by atoms with Gasteiger partial charge in [-0.05, 0) is 19.1 Å². The molecule has 0 radical (unpaired) electrons. The third kappa shape index (κ3) is 3.31. The van der Waals surface area contributed by atoms with Crippen molar-refractivity contribution in [3.8, 4) is 11.5 Å². The molecule has 1 heterocycles. The van der Waals surface area contributed by atoms with Gasteiger partial charge in [0.05, 0.1) is 23.9 Å². The maximum atomic E-state index is 12.0. The summed E-state index contributed by atoms with van der Waals surface area (Å²) in [5.74, 6) is 1.12. The van der Waals surface area contributed by atoms with Gasteiger partial charge in [0.25, 0.3) is 0 Å². The number of sulfonamides is 1. The molecule has 6 nitrogen and oxygen atoms in total. The Balaban J connectivity index is 2.22. The predicted molar refractivity (Wildman–Crippen MR) is 80.8 cm³/mol. The van der Waals surface area contributed by atoms with Gasteiger partial charge in [0, 0.05) is 12.5 Å². The van der Waals surface area contributed by atoms with Gasteiger partial charge in [0.15, 0.2) is 11.5 Å². The topological polar surface area (TPSA) is 90.7 Å². The molecule has 0 saturated heterocycles.